The van der Waals surface area contributed by atoms with Crippen LogP contribution < -0.4 is 5.32 Å². The lowest BCUT2D eigenvalue weighted by molar-refractivity contribution is -0.154. The Kier molecular flexibility index (Phi) is 5.06. The Hall–Kier alpha value is -2.57. The van der Waals surface area contributed by atoms with E-state index < -0.39 is 23.7 Å². The van der Waals surface area contributed by atoms with E-state index in [4.69, 9.17) is 9.47 Å². The first kappa shape index (κ1) is 18.8. The minimum absolute atomic E-state index is 0.168. The second kappa shape index (κ2) is 6.74. The van der Waals surface area contributed by atoms with Crippen LogP contribution in [0.1, 0.15) is 40.5 Å². The van der Waals surface area contributed by atoms with Crippen molar-refractivity contribution in [2.75, 3.05) is 0 Å². The molecule has 25 heavy (non-hydrogen) atoms. The van der Waals surface area contributed by atoms with E-state index in [1.165, 1.54) is 4.90 Å². The summed E-state index contributed by atoms with van der Waals surface area (Å²) in [7, 11) is 0. The van der Waals surface area contributed by atoms with Crippen molar-refractivity contribution in [2.45, 2.75) is 58.2 Å². The number of nitrogens with one attached hydrogen (secondary N) is 1. The van der Waals surface area contributed by atoms with Gasteiger partial charge in [-0.2, -0.15) is 0 Å². The average molecular weight is 348 g/mol. The summed E-state index contributed by atoms with van der Waals surface area (Å²) in [6.45, 7) is 14.0. The monoisotopic (exact) mass is 348 g/mol. The molecule has 2 aliphatic heterocycles. The standard InChI is InChI=1S/C18H24N2O5/c1-7-11-8-9-12-13(19-17(23)25-18(4,5)6)15(21)20(12)14(11)16(22)24-10(2)3/h7,12-13H,1-2,8-9H2,3-6H3,(H,19,23)/t12-,13+/m1/s1. The zero-order chi connectivity index (χ0) is 18.9. The van der Waals surface area contributed by atoms with Crippen LogP contribution >= 0.6 is 0 Å². The first-order valence-corrected chi connectivity index (χ1v) is 8.11. The van der Waals surface area contributed by atoms with Gasteiger partial charge in [-0.1, -0.05) is 19.2 Å². The van der Waals surface area contributed by atoms with Gasteiger partial charge in [-0.05, 0) is 46.1 Å². The average Bonchev–Trinajstić information content (AvgIpc) is 2.48. The lowest BCUT2D eigenvalue weighted by atomic mass is 9.83. The van der Waals surface area contributed by atoms with Crippen molar-refractivity contribution in [3.8, 4) is 0 Å². The summed E-state index contributed by atoms with van der Waals surface area (Å²) in [5.41, 5.74) is 0.156. The van der Waals surface area contributed by atoms with E-state index in [1.54, 1.807) is 33.8 Å². The molecule has 0 radical (unpaired) electrons. The molecule has 0 bridgehead atoms. The number of carbonyl (C=O) groups excluding carboxylic acids is 3. The van der Waals surface area contributed by atoms with Gasteiger partial charge in [-0.15, -0.1) is 0 Å². The highest BCUT2D eigenvalue weighted by Crippen LogP contribution is 2.37. The highest BCUT2D eigenvalue weighted by Gasteiger charge is 2.53. The summed E-state index contributed by atoms with van der Waals surface area (Å²) >= 11 is 0. The van der Waals surface area contributed by atoms with Gasteiger partial charge in [0, 0.05) is 0 Å². The van der Waals surface area contributed by atoms with Gasteiger partial charge in [0.1, 0.15) is 17.3 Å². The molecule has 0 aromatic heterocycles. The molecule has 0 aliphatic carbocycles. The van der Waals surface area contributed by atoms with Gasteiger partial charge in [0.05, 0.1) is 11.8 Å². The summed E-state index contributed by atoms with van der Waals surface area (Å²) in [5.74, 6) is -0.779. The Morgan fingerprint density at radius 2 is 2.00 bits per heavy atom. The molecule has 1 saturated heterocycles. The topological polar surface area (TPSA) is 84.9 Å². The molecule has 2 atom stereocenters. The number of hydrogen-bond acceptors (Lipinski definition) is 5. The predicted octanol–water partition coefficient (Wildman–Crippen LogP) is 2.40. The Balaban J connectivity index is 2.16. The third kappa shape index (κ3) is 3.92. The molecule has 0 saturated carbocycles. The van der Waals surface area contributed by atoms with Crippen molar-refractivity contribution in [2.24, 2.45) is 0 Å². The van der Waals surface area contributed by atoms with Crippen LogP contribution in [-0.2, 0) is 19.1 Å². The molecule has 2 amide bonds. The first-order valence-electron chi connectivity index (χ1n) is 8.11. The van der Waals surface area contributed by atoms with Crippen molar-refractivity contribution < 1.29 is 23.9 Å². The Morgan fingerprint density at radius 1 is 1.36 bits per heavy atom. The minimum Gasteiger partial charge on any atom is -0.444 e. The number of esters is 1. The molecule has 0 aromatic carbocycles. The number of β-lactam (4-membered cyclic amide) rings is 1. The molecule has 1 fully saturated rings. The molecule has 2 rings (SSSR count). The van der Waals surface area contributed by atoms with Crippen LogP contribution in [0.25, 0.3) is 0 Å². The van der Waals surface area contributed by atoms with Crippen molar-refractivity contribution in [3.05, 3.63) is 36.3 Å². The van der Waals surface area contributed by atoms with E-state index in [1.807, 2.05) is 0 Å². The van der Waals surface area contributed by atoms with Gasteiger partial charge < -0.3 is 14.8 Å². The number of ether oxygens (including phenoxy) is 2. The third-order valence-electron chi connectivity index (χ3n) is 3.85. The molecule has 0 spiro atoms. The van der Waals surface area contributed by atoms with Gasteiger partial charge >= 0.3 is 12.1 Å². The van der Waals surface area contributed by atoms with Crippen LogP contribution in [0.4, 0.5) is 4.79 Å². The summed E-state index contributed by atoms with van der Waals surface area (Å²) in [6.07, 6.45) is 2.06. The van der Waals surface area contributed by atoms with E-state index in [0.717, 1.165) is 0 Å². The molecule has 136 valence electrons. The maximum atomic E-state index is 12.5. The highest BCUT2D eigenvalue weighted by molar-refractivity contribution is 6.02. The fourth-order valence-electron chi connectivity index (χ4n) is 2.92. The Labute approximate surface area is 147 Å². The summed E-state index contributed by atoms with van der Waals surface area (Å²) < 4.78 is 10.2. The van der Waals surface area contributed by atoms with Crippen LogP contribution in [0.5, 0.6) is 0 Å². The van der Waals surface area contributed by atoms with Crippen molar-refractivity contribution in [1.29, 1.82) is 0 Å². The first-order chi connectivity index (χ1) is 11.5. The molecule has 1 N–H and O–H groups in total. The van der Waals surface area contributed by atoms with E-state index in [9.17, 15) is 14.4 Å². The second-order valence-corrected chi connectivity index (χ2v) is 7.11. The lowest BCUT2D eigenvalue weighted by Crippen LogP contribution is -2.71. The molecule has 0 unspecified atom stereocenters. The number of nitrogens with zero attached hydrogens (tertiary/aromatic N) is 1. The van der Waals surface area contributed by atoms with Gasteiger partial charge in [0.15, 0.2) is 0 Å². The number of carbonyl (C=O) groups is 3. The van der Waals surface area contributed by atoms with E-state index in [2.05, 4.69) is 18.5 Å². The van der Waals surface area contributed by atoms with E-state index in [-0.39, 0.29) is 23.4 Å². The fraction of sp³-hybridized carbons (Fsp3) is 0.500. The molecule has 7 nitrogen and oxygen atoms in total. The van der Waals surface area contributed by atoms with Crippen LogP contribution in [0.15, 0.2) is 36.3 Å². The molecule has 2 heterocycles. The van der Waals surface area contributed by atoms with Crippen molar-refractivity contribution in [3.63, 3.8) is 0 Å². The number of rotatable bonds is 4. The minimum atomic E-state index is -0.714. The lowest BCUT2D eigenvalue weighted by Gasteiger charge is -2.50. The predicted molar refractivity (Wildman–Crippen MR) is 91.2 cm³/mol. The molecule has 2 aliphatic rings. The Bertz CT molecular complexity index is 671. The zero-order valence-electron chi connectivity index (χ0n) is 15.0. The van der Waals surface area contributed by atoms with E-state index >= 15 is 0 Å². The SMILES string of the molecule is C=CC1=C(C(=O)OC(=C)C)N2C(=O)[C@@H](NC(=O)OC(C)(C)C)[C@H]2CC1. The van der Waals surface area contributed by atoms with Crippen LogP contribution in [0.3, 0.4) is 0 Å². The van der Waals surface area contributed by atoms with Crippen molar-refractivity contribution >= 4 is 18.0 Å². The molecular formula is C18H24N2O5. The fourth-order valence-corrected chi connectivity index (χ4v) is 2.92. The van der Waals surface area contributed by atoms with Gasteiger partial charge in [0.2, 0.25) is 0 Å². The molecule has 7 heteroatoms. The maximum Gasteiger partial charge on any atom is 0.408 e. The van der Waals surface area contributed by atoms with Gasteiger partial charge in [0.25, 0.3) is 5.91 Å². The maximum absolute atomic E-state index is 12.5. The summed E-state index contributed by atoms with van der Waals surface area (Å²) in [4.78, 5) is 38.1. The van der Waals surface area contributed by atoms with Gasteiger partial charge in [-0.3, -0.25) is 9.69 Å². The molecular weight excluding hydrogens is 324 g/mol. The number of amides is 2. The van der Waals surface area contributed by atoms with E-state index in [0.29, 0.717) is 18.4 Å². The smallest absolute Gasteiger partial charge is 0.408 e. The quantitative estimate of drug-likeness (QED) is 0.479. The largest absolute Gasteiger partial charge is 0.444 e. The van der Waals surface area contributed by atoms with Gasteiger partial charge in [-0.25, -0.2) is 9.59 Å². The second-order valence-electron chi connectivity index (χ2n) is 7.11. The number of allylic oxidation sites excluding steroid dienone is 3. The number of fused-ring (bicyclic) bond motifs is 1. The zero-order valence-corrected chi connectivity index (χ0v) is 15.0. The number of hydrogen-bond donors (Lipinski definition) is 1. The van der Waals surface area contributed by atoms with Crippen LogP contribution in [0, 0.1) is 0 Å². The summed E-state index contributed by atoms with van der Waals surface area (Å²) in [6, 6.07) is -1.02. The molecule has 0 aromatic rings. The highest BCUT2D eigenvalue weighted by atomic mass is 16.6. The summed E-state index contributed by atoms with van der Waals surface area (Å²) in [5, 5.41) is 2.58. The third-order valence-corrected chi connectivity index (χ3v) is 3.85. The van der Waals surface area contributed by atoms with Crippen LogP contribution in [0.2, 0.25) is 0 Å². The van der Waals surface area contributed by atoms with Crippen molar-refractivity contribution in [1.82, 2.24) is 10.2 Å². The normalized spacial score (nSPS) is 22.6. The van der Waals surface area contributed by atoms with Crippen LogP contribution in [-0.4, -0.2) is 40.6 Å². The Morgan fingerprint density at radius 3 is 2.52 bits per heavy atom. The number of alkyl carbamates (subject to hydrolysis) is 1.